The van der Waals surface area contributed by atoms with Crippen LogP contribution in [0.1, 0.15) is 11.1 Å². The van der Waals surface area contributed by atoms with E-state index in [1.165, 1.54) is 0 Å². The number of H-pyrrole nitrogens is 1. The SMILES string of the molecule is Fc1c(F)c(F)c2c(c1F)C1=NC2=Nc2c3c(F)cccc3c(n2F)N(F)c2[nH]c(c3c(F)c(F)c(F)c(F)c23)N=c2c3c(F)c(F)c(F)c(F)c3c(n2F)=N1. The largest absolute Gasteiger partial charge is 0.323 e. The number of nitrogens with one attached hydrogen (secondary N) is 1. The zero-order chi connectivity index (χ0) is 40.1. The zero-order valence-electron chi connectivity index (χ0n) is 25.9. The van der Waals surface area contributed by atoms with E-state index in [0.717, 1.165) is 12.1 Å². The van der Waals surface area contributed by atoms with E-state index in [1.54, 1.807) is 4.98 Å². The molecule has 0 aliphatic carbocycles. The molecule has 0 unspecified atom stereocenters. The highest BCUT2D eigenvalue weighted by atomic mass is 19.2. The summed E-state index contributed by atoms with van der Waals surface area (Å²) in [6, 6.07) is 2.21. The average Bonchev–Trinajstić information content (AvgIpc) is 3.88. The van der Waals surface area contributed by atoms with Gasteiger partial charge in [0.25, 0.3) is 0 Å². The van der Waals surface area contributed by atoms with E-state index in [0.29, 0.717) is 6.07 Å². The summed E-state index contributed by atoms with van der Waals surface area (Å²) in [4.78, 5) is 13.5. The predicted molar refractivity (Wildman–Crippen MR) is 159 cm³/mol. The van der Waals surface area contributed by atoms with Crippen molar-refractivity contribution in [2.45, 2.75) is 0 Å². The van der Waals surface area contributed by atoms with Crippen molar-refractivity contribution in [3.63, 3.8) is 0 Å². The molecule has 284 valence electrons. The van der Waals surface area contributed by atoms with Crippen LogP contribution < -0.4 is 16.1 Å². The molecular formula is C32H4F16N8. The van der Waals surface area contributed by atoms with Crippen molar-refractivity contribution in [2.75, 3.05) is 5.12 Å². The van der Waals surface area contributed by atoms with Crippen LogP contribution in [0.4, 0.5) is 93.8 Å². The van der Waals surface area contributed by atoms with Gasteiger partial charge in [-0.1, -0.05) is 25.6 Å². The smallest absolute Gasteiger partial charge is 0.198 e. The van der Waals surface area contributed by atoms with E-state index in [4.69, 9.17) is 0 Å². The maximum atomic E-state index is 16.7. The molecule has 7 aromatic rings. The molecule has 0 saturated heterocycles. The van der Waals surface area contributed by atoms with Gasteiger partial charge in [0.2, 0.25) is 0 Å². The Balaban J connectivity index is 1.58. The van der Waals surface area contributed by atoms with Crippen molar-refractivity contribution in [2.24, 2.45) is 20.0 Å². The summed E-state index contributed by atoms with van der Waals surface area (Å²) >= 11 is 0. The van der Waals surface area contributed by atoms with Gasteiger partial charge in [-0.15, -0.1) is 14.7 Å². The highest BCUT2D eigenvalue weighted by molar-refractivity contribution is 6.24. The Labute approximate surface area is 293 Å². The molecule has 24 heteroatoms. The Morgan fingerprint density at radius 2 is 0.929 bits per heavy atom. The molecule has 8 nitrogen and oxygen atoms in total. The molecule has 2 aliphatic rings. The maximum Gasteiger partial charge on any atom is 0.198 e. The first-order valence-electron chi connectivity index (χ1n) is 14.8. The first-order chi connectivity index (χ1) is 26.5. The number of amidine groups is 2. The fourth-order valence-corrected chi connectivity index (χ4v) is 6.46. The minimum Gasteiger partial charge on any atom is -0.323 e. The van der Waals surface area contributed by atoms with Gasteiger partial charge in [0.1, 0.15) is 11.6 Å². The third-order valence-corrected chi connectivity index (χ3v) is 8.86. The lowest BCUT2D eigenvalue weighted by Crippen LogP contribution is -2.23. The van der Waals surface area contributed by atoms with Crippen LogP contribution in [-0.4, -0.2) is 26.2 Å². The molecule has 5 heterocycles. The van der Waals surface area contributed by atoms with E-state index >= 15 is 44.2 Å². The number of halogens is 16. The number of benzene rings is 4. The number of aromatic amines is 1. The van der Waals surface area contributed by atoms with Gasteiger partial charge in [0, 0.05) is 5.39 Å². The van der Waals surface area contributed by atoms with Crippen LogP contribution in [0, 0.1) is 75.6 Å². The number of hydrogen-bond donors (Lipinski definition) is 1. The standard InChI is InChI=1S/C32H4F16N8/c33-5-3-1-2-4-6(5)28-50-25-7-8(14(35)20(41)19(40)13(7)34)26(49-25)51-29-11-12(18(39)24(45)23(44)17(11)38)30(54(29)46)52-27-9-10(16(37)22(43)21(42)15(9)36)31(53-27)56(48)32(4)55(28)47/h1-3,53H. The van der Waals surface area contributed by atoms with Gasteiger partial charge in [-0.25, -0.2) is 77.0 Å². The van der Waals surface area contributed by atoms with Crippen LogP contribution in [-0.2, 0) is 0 Å². The van der Waals surface area contributed by atoms with Crippen LogP contribution in [0.25, 0.3) is 32.3 Å². The number of rotatable bonds is 0. The van der Waals surface area contributed by atoms with E-state index in [1.807, 2.05) is 0 Å². The van der Waals surface area contributed by atoms with Crippen molar-refractivity contribution in [1.82, 2.24) is 14.6 Å². The highest BCUT2D eigenvalue weighted by Gasteiger charge is 2.38. The molecule has 2 aliphatic heterocycles. The van der Waals surface area contributed by atoms with E-state index in [2.05, 4.69) is 20.0 Å². The fraction of sp³-hybridized carbons (Fsp3) is 0. The van der Waals surface area contributed by atoms with Gasteiger partial charge >= 0.3 is 0 Å². The van der Waals surface area contributed by atoms with E-state index < -0.39 is 180 Å². The van der Waals surface area contributed by atoms with E-state index in [-0.39, 0.29) is 0 Å². The monoisotopic (exact) mass is 804 g/mol. The molecule has 4 aromatic carbocycles. The lowest BCUT2D eigenvalue weighted by atomic mass is 10.1. The van der Waals surface area contributed by atoms with Gasteiger partial charge < -0.3 is 4.98 Å². The van der Waals surface area contributed by atoms with Crippen LogP contribution in [0.2, 0.25) is 0 Å². The molecular weight excluding hydrogens is 800 g/mol. The first kappa shape index (κ1) is 34.9. The van der Waals surface area contributed by atoms with Crippen molar-refractivity contribution >= 4 is 67.3 Å². The summed E-state index contributed by atoms with van der Waals surface area (Å²) in [6.45, 7) is 0. The minimum atomic E-state index is -2.67. The second-order valence-electron chi connectivity index (χ2n) is 11.7. The molecule has 0 radical (unpaired) electrons. The summed E-state index contributed by atoms with van der Waals surface area (Å²) < 4.78 is 245. The maximum absolute atomic E-state index is 16.7. The molecule has 9 rings (SSSR count). The average molecular weight is 804 g/mol. The Bertz CT molecular complexity index is 3230. The lowest BCUT2D eigenvalue weighted by Gasteiger charge is -2.13. The Hall–Kier alpha value is -6.88. The van der Waals surface area contributed by atoms with Gasteiger partial charge in [-0.3, -0.25) is 0 Å². The van der Waals surface area contributed by atoms with Gasteiger partial charge in [0.05, 0.1) is 38.1 Å². The number of hydrogen-bond acceptors (Lipinski definition) is 5. The molecule has 0 fully saturated rings. The second kappa shape index (κ2) is 11.3. The van der Waals surface area contributed by atoms with Crippen LogP contribution in [0.3, 0.4) is 0 Å². The number of fused-ring (bicyclic) bond motifs is 19. The van der Waals surface area contributed by atoms with Crippen molar-refractivity contribution in [3.8, 4) is 0 Å². The third-order valence-electron chi connectivity index (χ3n) is 8.86. The van der Waals surface area contributed by atoms with Crippen LogP contribution in [0.5, 0.6) is 0 Å². The Kier molecular flexibility index (Phi) is 7.05. The van der Waals surface area contributed by atoms with Crippen LogP contribution >= 0.6 is 0 Å². The first-order valence-corrected chi connectivity index (χ1v) is 14.8. The van der Waals surface area contributed by atoms with Gasteiger partial charge in [-0.05, 0) is 6.07 Å². The molecule has 56 heavy (non-hydrogen) atoms. The topological polar surface area (TPSA) is 78.3 Å². The number of aromatic nitrogens is 3. The third kappa shape index (κ3) is 4.17. The Morgan fingerprint density at radius 3 is 1.50 bits per heavy atom. The van der Waals surface area contributed by atoms with Gasteiger partial charge in [0.15, 0.2) is 110 Å². The summed E-state index contributed by atoms with van der Waals surface area (Å²) in [7, 11) is 0. The molecule has 1 N–H and O–H groups in total. The van der Waals surface area contributed by atoms with Crippen molar-refractivity contribution < 1.29 is 70.5 Å². The molecule has 0 spiro atoms. The van der Waals surface area contributed by atoms with Crippen molar-refractivity contribution in [1.29, 1.82) is 0 Å². The normalized spacial score (nSPS) is 13.8. The highest BCUT2D eigenvalue weighted by Crippen LogP contribution is 2.47. The minimum absolute atomic E-state index is 0.616. The summed E-state index contributed by atoms with van der Waals surface area (Å²) in [5, 5.41) is -9.93. The fourth-order valence-electron chi connectivity index (χ4n) is 6.46. The summed E-state index contributed by atoms with van der Waals surface area (Å²) in [5.41, 5.74) is -6.89. The Morgan fingerprint density at radius 1 is 0.446 bits per heavy atom. The number of aliphatic imine (C=N–C) groups is 2. The van der Waals surface area contributed by atoms with Crippen molar-refractivity contribution in [3.05, 3.63) is 116 Å². The lowest BCUT2D eigenvalue weighted by molar-refractivity contribution is 0.339. The summed E-state index contributed by atoms with van der Waals surface area (Å²) in [5.74, 6) is -41.3. The molecule has 3 aromatic heterocycles. The van der Waals surface area contributed by atoms with Gasteiger partial charge in [-0.2, -0.15) is 0 Å². The second-order valence-corrected chi connectivity index (χ2v) is 11.7. The summed E-state index contributed by atoms with van der Waals surface area (Å²) in [6.07, 6.45) is 0. The molecule has 0 amide bonds. The molecule has 0 atom stereocenters. The molecule has 8 bridgehead atoms. The molecule has 0 saturated carbocycles. The number of anilines is 2. The van der Waals surface area contributed by atoms with E-state index in [9.17, 15) is 26.3 Å². The number of nitrogens with zero attached hydrogens (tertiary/aromatic N) is 7. The van der Waals surface area contributed by atoms with Crippen LogP contribution in [0.15, 0.2) is 38.2 Å². The zero-order valence-corrected chi connectivity index (χ0v) is 25.9. The quantitative estimate of drug-likeness (QED) is 0.0708. The predicted octanol–water partition coefficient (Wildman–Crippen LogP) is 8.80.